The Balaban J connectivity index is 0.00000133. The Bertz CT molecular complexity index is 2040. The lowest BCUT2D eigenvalue weighted by atomic mass is 9.87. The molecule has 9 unspecified atom stereocenters. The largest absolute Gasteiger partial charge is 0.790 e. The summed E-state index contributed by atoms with van der Waals surface area (Å²) in [5.41, 5.74) is 14.5. The first-order valence-corrected chi connectivity index (χ1v) is 24.3. The molecule has 2 aromatic rings. The van der Waals surface area contributed by atoms with Gasteiger partial charge in [0.05, 0.1) is 46.0 Å². The minimum absolute atomic E-state index is 0.0177. The van der Waals surface area contributed by atoms with Crippen LogP contribution in [0.4, 0.5) is 5.82 Å². The lowest BCUT2D eigenvalue weighted by molar-refractivity contribution is -0.347. The second kappa shape index (κ2) is 26.9. The van der Waals surface area contributed by atoms with Crippen LogP contribution in [-0.2, 0) is 55.5 Å². The number of nitrogen functional groups attached to an aromatic ring is 1. The molecule has 1 fully saturated rings. The summed E-state index contributed by atoms with van der Waals surface area (Å²) in [6.45, 7) is 0.629. The molecule has 0 radical (unpaired) electrons. The molecule has 0 saturated carbocycles. The molecule has 1 aliphatic rings. The van der Waals surface area contributed by atoms with Crippen molar-refractivity contribution < 1.29 is 101 Å². The van der Waals surface area contributed by atoms with Crippen molar-refractivity contribution in [2.75, 3.05) is 45.1 Å². The maximum absolute atomic E-state index is 12.5. The van der Waals surface area contributed by atoms with Crippen molar-refractivity contribution in [3.63, 3.8) is 0 Å². The van der Waals surface area contributed by atoms with E-state index in [2.05, 4.69) is 43.5 Å². The SMILES string of the molecule is CC(C)(COP(=O)([O-])OP(=O)([O-])OCC1OC(n2cnc3c(N)ncnc32)C(O)C1OP(=O)([O-])[O-])C(O)C(=O)NCCC(=O)NCCC(=O)CC(O)CCCN.NCCCC(O)CC(=O)O. The standard InChI is InChI=1S/C27H47N8O18P3.C6H13NO3/c1-27(2,22(40)25(41)31-9-6-18(38)30-8-5-16(37)10-15(36)4-3-7-28)12-50-56(47,48)53-55(45,46)49-11-17-21(52-54(42,43)44)20(39)26(51-17)35-14-34-19-23(29)32-13-33-24(19)35;7-3-1-2-5(8)4-6(9)10/h13-15,17,20-22,26,36,39-40H,3-12,28H2,1-2H3,(H,30,38)(H,31,41)(H,45,46)(H,47,48)(H2,29,32,33)(H2,42,43,44);5,8H,1-4,7H2,(H,9,10)/p-4. The number of ketones is 1. The maximum atomic E-state index is 12.5. The van der Waals surface area contributed by atoms with Crippen LogP contribution in [0.3, 0.4) is 0 Å². The Morgan fingerprint density at radius 1 is 0.909 bits per heavy atom. The Kier molecular flexibility index (Phi) is 23.9. The third-order valence-electron chi connectivity index (χ3n) is 9.14. The number of phosphoric acid groups is 3. The van der Waals surface area contributed by atoms with Gasteiger partial charge in [0.25, 0.3) is 15.6 Å². The van der Waals surface area contributed by atoms with Crippen molar-refractivity contribution in [2.24, 2.45) is 16.9 Å². The van der Waals surface area contributed by atoms with Crippen LogP contribution < -0.4 is 47.4 Å². The lowest BCUT2D eigenvalue weighted by Crippen LogP contribution is -2.46. The molecule has 0 aliphatic carbocycles. The number of carboxylic acids is 1. The van der Waals surface area contributed by atoms with Crippen LogP contribution in [0.1, 0.15) is 71.4 Å². The van der Waals surface area contributed by atoms with E-state index in [0.29, 0.717) is 38.8 Å². The van der Waals surface area contributed by atoms with E-state index in [0.717, 1.165) is 17.2 Å². The first-order valence-electron chi connectivity index (χ1n) is 19.9. The molecule has 2 aromatic heterocycles. The van der Waals surface area contributed by atoms with E-state index < -0.39 is 103 Å². The molecule has 9 atom stereocenters. The number of imidazole rings is 1. The first kappa shape index (κ1) is 58.6. The van der Waals surface area contributed by atoms with Gasteiger partial charge in [-0.3, -0.25) is 32.9 Å². The van der Waals surface area contributed by atoms with Gasteiger partial charge in [-0.05, 0) is 38.8 Å². The topological polar surface area (TPSA) is 505 Å². The number of amides is 2. The van der Waals surface area contributed by atoms with Gasteiger partial charge in [0.2, 0.25) is 11.8 Å². The van der Waals surface area contributed by atoms with Crippen LogP contribution in [0, 0.1) is 5.41 Å². The normalized spacial score (nSPS) is 20.8. The highest BCUT2D eigenvalue weighted by molar-refractivity contribution is 7.59. The molecule has 30 nitrogen and oxygen atoms in total. The number of aromatic nitrogens is 4. The van der Waals surface area contributed by atoms with E-state index in [9.17, 15) is 67.8 Å². The number of nitrogens with two attached hydrogens (primary N) is 3. The molecule has 1 saturated heterocycles. The molecule has 66 heavy (non-hydrogen) atoms. The number of aliphatic carboxylic acids is 1. The molecule has 0 aromatic carbocycles. The van der Waals surface area contributed by atoms with Crippen molar-refractivity contribution in [1.29, 1.82) is 0 Å². The van der Waals surface area contributed by atoms with E-state index in [4.69, 9.17) is 32.2 Å². The van der Waals surface area contributed by atoms with Gasteiger partial charge >= 0.3 is 5.97 Å². The van der Waals surface area contributed by atoms with E-state index in [1.54, 1.807) is 0 Å². The number of nitrogens with one attached hydrogen (secondary N) is 2. The Labute approximate surface area is 377 Å². The number of Topliss-reactive ketones (excluding diaryl/α,β-unsaturated/α-hetero) is 1. The van der Waals surface area contributed by atoms with E-state index in [1.165, 1.54) is 13.8 Å². The molecule has 378 valence electrons. The number of nitrogens with zero attached hydrogens (tertiary/aromatic N) is 4. The van der Waals surface area contributed by atoms with Crippen molar-refractivity contribution in [2.45, 2.75) is 108 Å². The second-order valence-electron chi connectivity index (χ2n) is 15.2. The summed E-state index contributed by atoms with van der Waals surface area (Å²) < 4.78 is 60.4. The quantitative estimate of drug-likeness (QED) is 0.0341. The van der Waals surface area contributed by atoms with E-state index in [1.807, 2.05) is 0 Å². The highest BCUT2D eigenvalue weighted by Gasteiger charge is 2.47. The number of carboxylic acid groups (broad SMARTS) is 1. The number of rotatable bonds is 29. The van der Waals surface area contributed by atoms with Gasteiger partial charge in [-0.25, -0.2) is 19.3 Å². The Morgan fingerprint density at radius 2 is 1.50 bits per heavy atom. The third kappa shape index (κ3) is 20.8. The fourth-order valence-electron chi connectivity index (χ4n) is 5.74. The molecular formula is C33H56N9O21P3-4. The molecule has 1 aliphatic heterocycles. The van der Waals surface area contributed by atoms with E-state index in [-0.39, 0.29) is 61.5 Å². The summed E-state index contributed by atoms with van der Waals surface area (Å²) in [7, 11) is -17.6. The van der Waals surface area contributed by atoms with Gasteiger partial charge in [-0.1, -0.05) is 13.8 Å². The van der Waals surface area contributed by atoms with Crippen LogP contribution in [0.25, 0.3) is 11.2 Å². The Hall–Kier alpha value is -3.48. The molecule has 3 rings (SSSR count). The number of anilines is 1. The maximum Gasteiger partial charge on any atom is 0.305 e. The molecule has 13 N–H and O–H groups in total. The highest BCUT2D eigenvalue weighted by Crippen LogP contribution is 2.56. The summed E-state index contributed by atoms with van der Waals surface area (Å²) in [4.78, 5) is 106. The van der Waals surface area contributed by atoms with Gasteiger partial charge < -0.3 is 95.8 Å². The molecule has 3 heterocycles. The van der Waals surface area contributed by atoms with Gasteiger partial charge in [-0.15, -0.1) is 0 Å². The van der Waals surface area contributed by atoms with Crippen molar-refractivity contribution in [3.8, 4) is 0 Å². The highest BCUT2D eigenvalue weighted by atomic mass is 31.3. The average Bonchev–Trinajstić information content (AvgIpc) is 3.77. The fraction of sp³-hybridized carbons (Fsp3) is 0.727. The summed E-state index contributed by atoms with van der Waals surface area (Å²) in [6, 6.07) is 0. The second-order valence-corrected chi connectivity index (χ2v) is 19.3. The molecular weight excluding hydrogens is 951 g/mol. The predicted molar refractivity (Wildman–Crippen MR) is 216 cm³/mol. The van der Waals surface area contributed by atoms with Crippen LogP contribution in [0.5, 0.6) is 0 Å². The monoisotopic (exact) mass is 1010 g/mol. The van der Waals surface area contributed by atoms with Crippen LogP contribution in [-0.4, -0.2) is 145 Å². The number of carbonyl (C=O) groups is 4. The van der Waals surface area contributed by atoms with Crippen molar-refractivity contribution in [3.05, 3.63) is 12.7 Å². The number of hydrogen-bond acceptors (Lipinski definition) is 26. The van der Waals surface area contributed by atoms with Gasteiger partial charge in [0.15, 0.2) is 17.7 Å². The number of carbonyl (C=O) groups excluding carboxylic acids is 3. The van der Waals surface area contributed by atoms with Gasteiger partial charge in [0, 0.05) is 37.8 Å². The number of aliphatic hydroxyl groups is 4. The minimum Gasteiger partial charge on any atom is -0.790 e. The number of phosphoric ester groups is 3. The Morgan fingerprint density at radius 3 is 2.09 bits per heavy atom. The zero-order valence-electron chi connectivity index (χ0n) is 35.7. The van der Waals surface area contributed by atoms with Crippen LogP contribution in [0.2, 0.25) is 0 Å². The van der Waals surface area contributed by atoms with Crippen molar-refractivity contribution in [1.82, 2.24) is 30.2 Å². The molecule has 0 bridgehead atoms. The summed E-state index contributed by atoms with van der Waals surface area (Å²) in [6.07, 6.45) is -7.52. The summed E-state index contributed by atoms with van der Waals surface area (Å²) in [5.74, 6) is -2.92. The third-order valence-corrected chi connectivity index (χ3v) is 12.1. The molecule has 0 spiro atoms. The number of aliphatic hydroxyl groups excluding tert-OH is 4. The zero-order chi connectivity index (χ0) is 50.0. The van der Waals surface area contributed by atoms with Gasteiger partial charge in [-0.2, -0.15) is 0 Å². The van der Waals surface area contributed by atoms with E-state index >= 15 is 0 Å². The summed E-state index contributed by atoms with van der Waals surface area (Å²) in [5, 5.41) is 52.9. The van der Waals surface area contributed by atoms with Gasteiger partial charge in [0.1, 0.15) is 42.0 Å². The minimum atomic E-state index is -5.93. The summed E-state index contributed by atoms with van der Waals surface area (Å²) >= 11 is 0. The number of ether oxygens (including phenoxy) is 1. The zero-order valence-corrected chi connectivity index (χ0v) is 38.4. The number of hydrogen-bond donors (Lipinski definition) is 10. The smallest absolute Gasteiger partial charge is 0.305 e. The molecule has 2 amide bonds. The predicted octanol–water partition coefficient (Wildman–Crippen LogP) is -5.11. The van der Waals surface area contributed by atoms with Crippen LogP contribution >= 0.6 is 23.5 Å². The number of fused-ring (bicyclic) bond motifs is 1. The molecule has 33 heteroatoms. The lowest BCUT2D eigenvalue weighted by Gasteiger charge is -2.36. The first-order chi connectivity index (χ1) is 30.6. The average molecular weight is 1010 g/mol. The van der Waals surface area contributed by atoms with Crippen molar-refractivity contribution >= 4 is 64.0 Å². The van der Waals surface area contributed by atoms with Crippen LogP contribution in [0.15, 0.2) is 12.7 Å². The fourth-order valence-corrected chi connectivity index (χ4v) is 8.47.